The lowest BCUT2D eigenvalue weighted by atomic mass is 9.96. The highest BCUT2D eigenvalue weighted by Crippen LogP contribution is 2.49. The molecule has 0 aliphatic heterocycles. The highest BCUT2D eigenvalue weighted by Gasteiger charge is 2.48. The fourth-order valence-electron chi connectivity index (χ4n) is 2.96. The molecule has 4 heteroatoms. The predicted octanol–water partition coefficient (Wildman–Crippen LogP) is 2.72. The number of aliphatic hydroxyl groups excluding tert-OH is 1. The third-order valence-electron chi connectivity index (χ3n) is 4.62. The average Bonchev–Trinajstić information content (AvgIpc) is 3.30. The molecule has 0 radical (unpaired) electrons. The van der Waals surface area contributed by atoms with E-state index in [9.17, 15) is 9.90 Å². The lowest BCUT2D eigenvalue weighted by Crippen LogP contribution is -2.51. The van der Waals surface area contributed by atoms with Gasteiger partial charge in [-0.05, 0) is 55.7 Å². The Bertz CT molecular complexity index is 529. The number of rotatable bonds is 5. The van der Waals surface area contributed by atoms with Crippen molar-refractivity contribution < 1.29 is 9.90 Å². The Morgan fingerprint density at radius 1 is 1.50 bits per heavy atom. The van der Waals surface area contributed by atoms with E-state index in [1.165, 1.54) is 0 Å². The van der Waals surface area contributed by atoms with Gasteiger partial charge < -0.3 is 10.4 Å². The van der Waals surface area contributed by atoms with Gasteiger partial charge in [-0.1, -0.05) is 23.7 Å². The number of carbonyl (C=O) groups excluding carboxylic acids is 1. The third kappa shape index (κ3) is 2.70. The standard InChI is InChI=1S/C16H20ClNO2/c1-16(9-19,11-5-6-11)18-15(20)14-8-13(14)10-3-2-4-12(17)7-10/h2-4,7,11,13-14,19H,5-6,8-9H2,1H3,(H,18,20). The number of benzene rings is 1. The van der Waals surface area contributed by atoms with E-state index in [2.05, 4.69) is 5.32 Å². The van der Waals surface area contributed by atoms with E-state index in [-0.39, 0.29) is 24.3 Å². The Morgan fingerprint density at radius 2 is 2.25 bits per heavy atom. The number of nitrogens with one attached hydrogen (secondary N) is 1. The minimum Gasteiger partial charge on any atom is -0.394 e. The molecule has 2 saturated carbocycles. The van der Waals surface area contributed by atoms with Crippen molar-refractivity contribution in [3.63, 3.8) is 0 Å². The molecule has 3 rings (SSSR count). The van der Waals surface area contributed by atoms with Gasteiger partial charge in [0, 0.05) is 10.9 Å². The van der Waals surface area contributed by atoms with E-state index in [0.717, 1.165) is 24.8 Å². The van der Waals surface area contributed by atoms with Crippen molar-refractivity contribution in [3.8, 4) is 0 Å². The molecule has 20 heavy (non-hydrogen) atoms. The minimum absolute atomic E-state index is 0.0119. The van der Waals surface area contributed by atoms with Crippen LogP contribution in [-0.2, 0) is 4.79 Å². The van der Waals surface area contributed by atoms with Crippen molar-refractivity contribution in [1.82, 2.24) is 5.32 Å². The molecule has 1 aromatic carbocycles. The van der Waals surface area contributed by atoms with Gasteiger partial charge in [-0.2, -0.15) is 0 Å². The van der Waals surface area contributed by atoms with Gasteiger partial charge in [0.2, 0.25) is 5.91 Å². The van der Waals surface area contributed by atoms with Crippen LogP contribution in [0.4, 0.5) is 0 Å². The van der Waals surface area contributed by atoms with E-state index in [4.69, 9.17) is 11.6 Å². The van der Waals surface area contributed by atoms with Crippen LogP contribution in [0.1, 0.15) is 37.7 Å². The van der Waals surface area contributed by atoms with Crippen molar-refractivity contribution in [2.45, 2.75) is 37.6 Å². The summed E-state index contributed by atoms with van der Waals surface area (Å²) in [5, 5.41) is 13.3. The van der Waals surface area contributed by atoms with Crippen LogP contribution in [0.2, 0.25) is 5.02 Å². The second-order valence-electron chi connectivity index (χ2n) is 6.34. The number of aliphatic hydroxyl groups is 1. The summed E-state index contributed by atoms with van der Waals surface area (Å²) in [6.07, 6.45) is 3.07. The largest absolute Gasteiger partial charge is 0.394 e. The SMILES string of the molecule is CC(CO)(NC(=O)C1CC1c1cccc(Cl)c1)C1CC1. The molecule has 0 bridgehead atoms. The maximum absolute atomic E-state index is 12.3. The van der Waals surface area contributed by atoms with Crippen molar-refractivity contribution in [2.24, 2.45) is 11.8 Å². The molecule has 3 unspecified atom stereocenters. The quantitative estimate of drug-likeness (QED) is 0.877. The summed E-state index contributed by atoms with van der Waals surface area (Å²) in [6, 6.07) is 7.73. The first-order valence-electron chi connectivity index (χ1n) is 7.22. The molecular weight excluding hydrogens is 274 g/mol. The zero-order valence-corrected chi connectivity index (χ0v) is 12.4. The fourth-order valence-corrected chi connectivity index (χ4v) is 3.15. The van der Waals surface area contributed by atoms with Crippen LogP contribution < -0.4 is 5.32 Å². The summed E-state index contributed by atoms with van der Waals surface area (Å²) in [6.45, 7) is 1.96. The molecule has 0 aromatic heterocycles. The van der Waals surface area contributed by atoms with Crippen LogP contribution in [0, 0.1) is 11.8 Å². The van der Waals surface area contributed by atoms with E-state index in [1.807, 2.05) is 31.2 Å². The molecule has 0 heterocycles. The normalized spacial score (nSPS) is 27.8. The molecule has 108 valence electrons. The summed E-state index contributed by atoms with van der Waals surface area (Å²) in [5.74, 6) is 0.798. The molecule has 2 fully saturated rings. The molecule has 2 aliphatic carbocycles. The first-order chi connectivity index (χ1) is 9.53. The summed E-state index contributed by atoms with van der Waals surface area (Å²) in [7, 11) is 0. The maximum Gasteiger partial charge on any atom is 0.224 e. The second-order valence-corrected chi connectivity index (χ2v) is 6.78. The second kappa shape index (κ2) is 5.05. The van der Waals surface area contributed by atoms with Gasteiger partial charge in [-0.15, -0.1) is 0 Å². The number of amides is 1. The Kier molecular flexibility index (Phi) is 3.51. The van der Waals surface area contributed by atoms with Gasteiger partial charge in [-0.25, -0.2) is 0 Å². The van der Waals surface area contributed by atoms with E-state index < -0.39 is 5.54 Å². The average molecular weight is 294 g/mol. The van der Waals surface area contributed by atoms with Crippen LogP contribution in [-0.4, -0.2) is 23.2 Å². The van der Waals surface area contributed by atoms with Gasteiger partial charge >= 0.3 is 0 Å². The molecule has 0 saturated heterocycles. The van der Waals surface area contributed by atoms with Crippen LogP contribution in [0.25, 0.3) is 0 Å². The number of halogens is 1. The van der Waals surface area contributed by atoms with Crippen molar-refractivity contribution in [2.75, 3.05) is 6.61 Å². The van der Waals surface area contributed by atoms with Crippen LogP contribution in [0.5, 0.6) is 0 Å². The van der Waals surface area contributed by atoms with Crippen LogP contribution in [0.15, 0.2) is 24.3 Å². The van der Waals surface area contributed by atoms with Gasteiger partial charge in [0.15, 0.2) is 0 Å². The monoisotopic (exact) mass is 293 g/mol. The van der Waals surface area contributed by atoms with Gasteiger partial charge in [0.05, 0.1) is 12.1 Å². The molecule has 1 amide bonds. The molecule has 3 atom stereocenters. The van der Waals surface area contributed by atoms with E-state index in [0.29, 0.717) is 10.9 Å². The topological polar surface area (TPSA) is 49.3 Å². The molecule has 2 aliphatic rings. The molecule has 3 nitrogen and oxygen atoms in total. The van der Waals surface area contributed by atoms with Crippen LogP contribution >= 0.6 is 11.6 Å². The third-order valence-corrected chi connectivity index (χ3v) is 4.85. The van der Waals surface area contributed by atoms with E-state index >= 15 is 0 Å². The Balaban J connectivity index is 1.63. The smallest absolute Gasteiger partial charge is 0.224 e. The lowest BCUT2D eigenvalue weighted by molar-refractivity contribution is -0.125. The highest BCUT2D eigenvalue weighted by atomic mass is 35.5. The summed E-state index contributed by atoms with van der Waals surface area (Å²) < 4.78 is 0. The van der Waals surface area contributed by atoms with E-state index in [1.54, 1.807) is 0 Å². The minimum atomic E-state index is -0.446. The molecular formula is C16H20ClNO2. The van der Waals surface area contributed by atoms with Gasteiger partial charge in [-0.3, -0.25) is 4.79 Å². The maximum atomic E-state index is 12.3. The Hall–Kier alpha value is -1.06. The van der Waals surface area contributed by atoms with Crippen LogP contribution in [0.3, 0.4) is 0 Å². The Labute approximate surface area is 124 Å². The van der Waals surface area contributed by atoms with Crippen molar-refractivity contribution in [3.05, 3.63) is 34.9 Å². The first-order valence-corrected chi connectivity index (χ1v) is 7.59. The zero-order chi connectivity index (χ0) is 14.3. The van der Waals surface area contributed by atoms with Gasteiger partial charge in [0.25, 0.3) is 0 Å². The summed E-state index contributed by atoms with van der Waals surface area (Å²) in [4.78, 5) is 12.3. The number of carbonyl (C=O) groups is 1. The lowest BCUT2D eigenvalue weighted by Gasteiger charge is -2.29. The fraction of sp³-hybridized carbons (Fsp3) is 0.562. The first kappa shape index (κ1) is 13.9. The van der Waals surface area contributed by atoms with Gasteiger partial charge in [0.1, 0.15) is 0 Å². The molecule has 0 spiro atoms. The molecule has 1 aromatic rings. The number of hydrogen-bond donors (Lipinski definition) is 2. The molecule has 2 N–H and O–H groups in total. The van der Waals surface area contributed by atoms with Crippen molar-refractivity contribution >= 4 is 17.5 Å². The Morgan fingerprint density at radius 3 is 2.85 bits per heavy atom. The number of hydrogen-bond acceptors (Lipinski definition) is 2. The zero-order valence-electron chi connectivity index (χ0n) is 11.6. The summed E-state index contributed by atoms with van der Waals surface area (Å²) >= 11 is 5.99. The highest BCUT2D eigenvalue weighted by molar-refractivity contribution is 6.30. The van der Waals surface area contributed by atoms with Crippen molar-refractivity contribution in [1.29, 1.82) is 0 Å². The predicted molar refractivity (Wildman–Crippen MR) is 78.7 cm³/mol. The summed E-state index contributed by atoms with van der Waals surface area (Å²) in [5.41, 5.74) is 0.688.